The normalized spacial score (nSPS) is 26.9. The Morgan fingerprint density at radius 2 is 1.90 bits per heavy atom. The maximum atomic E-state index is 12.5. The Morgan fingerprint density at radius 1 is 1.20 bits per heavy atom. The molecule has 0 aromatic heterocycles. The highest BCUT2D eigenvalue weighted by Crippen LogP contribution is 2.46. The number of nitrogens with one attached hydrogen (secondary N) is 1. The van der Waals surface area contributed by atoms with Crippen molar-refractivity contribution in [1.29, 1.82) is 0 Å². The number of piperidine rings is 1. The van der Waals surface area contributed by atoms with Crippen molar-refractivity contribution in [2.75, 3.05) is 26.2 Å². The fourth-order valence-electron chi connectivity index (χ4n) is 3.80. The molecule has 2 amide bonds. The van der Waals surface area contributed by atoms with E-state index in [0.29, 0.717) is 19.6 Å². The third-order valence-electron chi connectivity index (χ3n) is 5.00. The van der Waals surface area contributed by atoms with Gasteiger partial charge in [0.15, 0.2) is 0 Å². The maximum Gasteiger partial charge on any atom is 0.235 e. The molecule has 2 saturated heterocycles. The average Bonchev–Trinajstić information content (AvgIpc) is 3.01. The smallest absolute Gasteiger partial charge is 0.235 e. The van der Waals surface area contributed by atoms with Crippen LogP contribution in [0.25, 0.3) is 0 Å². The van der Waals surface area contributed by atoms with Crippen LogP contribution in [0.1, 0.15) is 44.9 Å². The molecule has 1 saturated carbocycles. The number of rotatable bonds is 4. The summed E-state index contributed by atoms with van der Waals surface area (Å²) in [7, 11) is 0. The van der Waals surface area contributed by atoms with Crippen LogP contribution in [-0.4, -0.2) is 49.1 Å². The molecular formula is C15H24N2O3. The number of hydrogen-bond acceptors (Lipinski definition) is 4. The topological polar surface area (TPSA) is 58.6 Å². The van der Waals surface area contributed by atoms with Crippen molar-refractivity contribution >= 4 is 11.8 Å². The summed E-state index contributed by atoms with van der Waals surface area (Å²) in [6.45, 7) is 2.91. The lowest BCUT2D eigenvalue weighted by atomic mass is 9.84. The van der Waals surface area contributed by atoms with E-state index in [9.17, 15) is 9.59 Å². The van der Waals surface area contributed by atoms with Gasteiger partial charge in [0, 0.05) is 6.42 Å². The summed E-state index contributed by atoms with van der Waals surface area (Å²) in [5.74, 6) is 0.0692. The van der Waals surface area contributed by atoms with E-state index in [1.807, 2.05) is 0 Å². The van der Waals surface area contributed by atoms with Crippen molar-refractivity contribution in [2.45, 2.75) is 51.0 Å². The highest BCUT2D eigenvalue weighted by Gasteiger charge is 2.52. The van der Waals surface area contributed by atoms with Gasteiger partial charge < -0.3 is 10.1 Å². The highest BCUT2D eigenvalue weighted by molar-refractivity contribution is 6.06. The molecule has 0 unspecified atom stereocenters. The number of carbonyl (C=O) groups is 2. The Bertz CT molecular complexity index is 385. The zero-order valence-corrected chi connectivity index (χ0v) is 12.0. The summed E-state index contributed by atoms with van der Waals surface area (Å²) in [5, 5.41) is 3.29. The number of carbonyl (C=O) groups excluding carboxylic acids is 2. The van der Waals surface area contributed by atoms with Crippen LogP contribution in [0.4, 0.5) is 0 Å². The van der Waals surface area contributed by atoms with Gasteiger partial charge in [-0.25, -0.2) is 0 Å². The fourth-order valence-corrected chi connectivity index (χ4v) is 3.80. The summed E-state index contributed by atoms with van der Waals surface area (Å²) in [5.41, 5.74) is -0.341. The standard InChI is InChI=1S/C15H24N2O3/c18-13-11-15(5-1-2-6-15)14(19)17(13)9-10-20-12-3-7-16-8-4-12/h12,16H,1-11H2. The van der Waals surface area contributed by atoms with Crippen molar-refractivity contribution in [3.8, 4) is 0 Å². The minimum atomic E-state index is -0.341. The first kappa shape index (κ1) is 14.0. The van der Waals surface area contributed by atoms with E-state index in [-0.39, 0.29) is 23.3 Å². The second-order valence-electron chi connectivity index (χ2n) is 6.33. The summed E-state index contributed by atoms with van der Waals surface area (Å²) in [4.78, 5) is 26.0. The molecule has 2 heterocycles. The lowest BCUT2D eigenvalue weighted by Gasteiger charge is -2.25. The van der Waals surface area contributed by atoms with E-state index in [4.69, 9.17) is 4.74 Å². The van der Waals surface area contributed by atoms with E-state index in [2.05, 4.69) is 5.32 Å². The first-order chi connectivity index (χ1) is 9.71. The molecule has 20 heavy (non-hydrogen) atoms. The van der Waals surface area contributed by atoms with Crippen LogP contribution in [0, 0.1) is 5.41 Å². The van der Waals surface area contributed by atoms with Gasteiger partial charge in [0.25, 0.3) is 0 Å². The maximum absolute atomic E-state index is 12.5. The first-order valence-corrected chi connectivity index (χ1v) is 7.88. The number of amides is 2. The zero-order chi connectivity index (χ0) is 14.0. The Kier molecular flexibility index (Phi) is 4.08. The van der Waals surface area contributed by atoms with E-state index in [1.165, 1.54) is 4.90 Å². The molecule has 1 aliphatic carbocycles. The van der Waals surface area contributed by atoms with Gasteiger partial charge in [-0.2, -0.15) is 0 Å². The molecule has 5 heteroatoms. The largest absolute Gasteiger partial charge is 0.376 e. The van der Waals surface area contributed by atoms with Crippen molar-refractivity contribution in [3.63, 3.8) is 0 Å². The molecule has 0 aromatic carbocycles. The lowest BCUT2D eigenvalue weighted by Crippen LogP contribution is -2.38. The number of ether oxygens (including phenoxy) is 1. The molecular weight excluding hydrogens is 256 g/mol. The SMILES string of the molecule is O=C1CC2(CCCC2)C(=O)N1CCOC1CCNCC1. The minimum absolute atomic E-state index is 0.00538. The van der Waals surface area contributed by atoms with Crippen LogP contribution >= 0.6 is 0 Å². The molecule has 112 valence electrons. The van der Waals surface area contributed by atoms with Gasteiger partial charge in [-0.15, -0.1) is 0 Å². The number of hydrogen-bond donors (Lipinski definition) is 1. The predicted molar refractivity (Wildman–Crippen MR) is 74.1 cm³/mol. The third-order valence-corrected chi connectivity index (χ3v) is 5.00. The van der Waals surface area contributed by atoms with E-state index < -0.39 is 0 Å². The molecule has 0 aromatic rings. The second kappa shape index (κ2) is 5.82. The number of imide groups is 1. The Morgan fingerprint density at radius 3 is 2.60 bits per heavy atom. The quantitative estimate of drug-likeness (QED) is 0.783. The van der Waals surface area contributed by atoms with Crippen LogP contribution in [0.3, 0.4) is 0 Å². The Labute approximate surface area is 120 Å². The summed E-state index contributed by atoms with van der Waals surface area (Å²) >= 11 is 0. The van der Waals surface area contributed by atoms with Crippen molar-refractivity contribution < 1.29 is 14.3 Å². The summed E-state index contributed by atoms with van der Waals surface area (Å²) < 4.78 is 5.81. The molecule has 5 nitrogen and oxygen atoms in total. The van der Waals surface area contributed by atoms with Gasteiger partial charge in [-0.1, -0.05) is 12.8 Å². The molecule has 3 rings (SSSR count). The highest BCUT2D eigenvalue weighted by atomic mass is 16.5. The fraction of sp³-hybridized carbons (Fsp3) is 0.867. The molecule has 0 atom stereocenters. The van der Waals surface area contributed by atoms with Crippen LogP contribution in [0.15, 0.2) is 0 Å². The van der Waals surface area contributed by atoms with Gasteiger partial charge in [-0.3, -0.25) is 14.5 Å². The minimum Gasteiger partial charge on any atom is -0.376 e. The molecule has 2 aliphatic heterocycles. The van der Waals surface area contributed by atoms with Crippen LogP contribution in [-0.2, 0) is 14.3 Å². The van der Waals surface area contributed by atoms with Crippen LogP contribution < -0.4 is 5.32 Å². The average molecular weight is 280 g/mol. The third kappa shape index (κ3) is 2.61. The van der Waals surface area contributed by atoms with Gasteiger partial charge in [-0.05, 0) is 38.8 Å². The summed E-state index contributed by atoms with van der Waals surface area (Å²) in [6.07, 6.45) is 6.70. The van der Waals surface area contributed by atoms with Crippen molar-refractivity contribution in [1.82, 2.24) is 10.2 Å². The Hall–Kier alpha value is -0.940. The van der Waals surface area contributed by atoms with E-state index >= 15 is 0 Å². The monoisotopic (exact) mass is 280 g/mol. The van der Waals surface area contributed by atoms with Gasteiger partial charge in [0.2, 0.25) is 11.8 Å². The lowest BCUT2D eigenvalue weighted by molar-refractivity contribution is -0.142. The molecule has 1 N–H and O–H groups in total. The van der Waals surface area contributed by atoms with Crippen LogP contribution in [0.2, 0.25) is 0 Å². The first-order valence-electron chi connectivity index (χ1n) is 7.88. The molecule has 3 aliphatic rings. The van der Waals surface area contributed by atoms with Gasteiger partial charge >= 0.3 is 0 Å². The summed E-state index contributed by atoms with van der Waals surface area (Å²) in [6, 6.07) is 0. The van der Waals surface area contributed by atoms with Crippen molar-refractivity contribution in [2.24, 2.45) is 5.41 Å². The van der Waals surface area contributed by atoms with Crippen LogP contribution in [0.5, 0.6) is 0 Å². The predicted octanol–water partition coefficient (Wildman–Crippen LogP) is 1.07. The molecule has 0 radical (unpaired) electrons. The van der Waals surface area contributed by atoms with Gasteiger partial charge in [0.05, 0.1) is 24.7 Å². The molecule has 1 spiro atoms. The number of nitrogens with zero attached hydrogens (tertiary/aromatic N) is 1. The van der Waals surface area contributed by atoms with E-state index in [1.54, 1.807) is 0 Å². The van der Waals surface area contributed by atoms with Crippen molar-refractivity contribution in [3.05, 3.63) is 0 Å². The Balaban J connectivity index is 1.49. The van der Waals surface area contributed by atoms with E-state index in [0.717, 1.165) is 51.6 Å². The molecule has 0 bridgehead atoms. The second-order valence-corrected chi connectivity index (χ2v) is 6.33. The number of likely N-dealkylation sites (tertiary alicyclic amines) is 1. The zero-order valence-electron chi connectivity index (χ0n) is 12.0. The van der Waals surface area contributed by atoms with Gasteiger partial charge in [0.1, 0.15) is 0 Å². The molecule has 3 fully saturated rings.